The van der Waals surface area contributed by atoms with E-state index >= 15 is 0 Å². The molecule has 9 heteroatoms. The Bertz CT molecular complexity index is 953. The number of rotatable bonds is 6. The highest BCUT2D eigenvalue weighted by atomic mass is 35.5. The van der Waals surface area contributed by atoms with Gasteiger partial charge in [-0.05, 0) is 30.3 Å². The number of aromatic carboxylic acids is 1. The number of ether oxygens (including phenoxy) is 1. The number of halogens is 1. The molecule has 6 nitrogen and oxygen atoms in total. The van der Waals surface area contributed by atoms with Crippen LogP contribution in [0.1, 0.15) is 16.1 Å². The Morgan fingerprint density at radius 3 is 2.89 bits per heavy atom. The van der Waals surface area contributed by atoms with Crippen molar-refractivity contribution in [2.45, 2.75) is 0 Å². The monoisotopic (exact) mass is 423 g/mol. The van der Waals surface area contributed by atoms with Gasteiger partial charge in [0.1, 0.15) is 15.8 Å². The van der Waals surface area contributed by atoms with Crippen LogP contribution < -0.4 is 0 Å². The minimum absolute atomic E-state index is 0.00821. The first-order chi connectivity index (χ1) is 12.9. The van der Waals surface area contributed by atoms with Crippen molar-refractivity contribution in [1.82, 2.24) is 4.90 Å². The number of nitrogens with zero attached hydrogens (tertiary/aromatic N) is 1. The molecule has 3 rings (SSSR count). The van der Waals surface area contributed by atoms with Crippen LogP contribution in [0.25, 0.3) is 17.4 Å². The molecule has 1 fully saturated rings. The lowest BCUT2D eigenvalue weighted by Crippen LogP contribution is -2.31. The quantitative estimate of drug-likeness (QED) is 0.552. The van der Waals surface area contributed by atoms with Crippen LogP contribution >= 0.6 is 35.6 Å². The summed E-state index contributed by atoms with van der Waals surface area (Å²) >= 11 is 12.3. The molecule has 1 aromatic heterocycles. The van der Waals surface area contributed by atoms with Crippen molar-refractivity contribution >= 4 is 57.9 Å². The van der Waals surface area contributed by atoms with Crippen LogP contribution in [0.5, 0.6) is 0 Å². The number of benzene rings is 1. The molecule has 0 unspecified atom stereocenters. The number of thioether (sulfide) groups is 1. The van der Waals surface area contributed by atoms with Gasteiger partial charge in [-0.3, -0.25) is 9.69 Å². The minimum Gasteiger partial charge on any atom is -0.478 e. The van der Waals surface area contributed by atoms with Crippen LogP contribution in [0, 0.1) is 0 Å². The number of hydrogen-bond donors (Lipinski definition) is 1. The van der Waals surface area contributed by atoms with Crippen molar-refractivity contribution in [3.05, 3.63) is 51.6 Å². The fourth-order valence-electron chi connectivity index (χ4n) is 2.43. The lowest BCUT2D eigenvalue weighted by Gasteiger charge is -2.12. The Labute approximate surface area is 169 Å². The normalized spacial score (nSPS) is 15.8. The number of carboxylic acids is 1. The van der Waals surface area contributed by atoms with E-state index in [0.717, 1.165) is 0 Å². The number of furan rings is 1. The number of amides is 1. The van der Waals surface area contributed by atoms with Gasteiger partial charge in [-0.1, -0.05) is 35.6 Å². The fourth-order valence-corrected chi connectivity index (χ4v) is 3.92. The number of carboxylic acid groups (broad SMARTS) is 1. The third-order valence-corrected chi connectivity index (χ3v) is 5.48. The standard InChI is InChI=1S/C18H14ClNO5S2/c1-24-7-6-20-16(21)15(27-18(20)26)9-11-3-5-14(25-11)10-2-4-13(19)12(8-10)17(22)23/h2-5,8-9H,6-7H2,1H3,(H,22,23). The first-order valence-corrected chi connectivity index (χ1v) is 9.38. The Balaban J connectivity index is 1.84. The largest absolute Gasteiger partial charge is 0.478 e. The summed E-state index contributed by atoms with van der Waals surface area (Å²) in [6.45, 7) is 0.789. The van der Waals surface area contributed by atoms with E-state index in [1.807, 2.05) is 0 Å². The van der Waals surface area contributed by atoms with E-state index < -0.39 is 5.97 Å². The van der Waals surface area contributed by atoms with Gasteiger partial charge in [-0.15, -0.1) is 0 Å². The van der Waals surface area contributed by atoms with Gasteiger partial charge in [0.15, 0.2) is 0 Å². The van der Waals surface area contributed by atoms with Gasteiger partial charge in [0.2, 0.25) is 0 Å². The lowest BCUT2D eigenvalue weighted by molar-refractivity contribution is -0.122. The fraction of sp³-hybridized carbons (Fsp3) is 0.167. The second-order valence-corrected chi connectivity index (χ2v) is 7.61. The summed E-state index contributed by atoms with van der Waals surface area (Å²) in [4.78, 5) is 25.6. The SMILES string of the molecule is COCCN1C(=O)C(=Cc2ccc(-c3ccc(Cl)c(C(=O)O)c3)o2)SC1=S. The molecule has 140 valence electrons. The Hall–Kier alpha value is -2.13. The maximum absolute atomic E-state index is 12.4. The van der Waals surface area contributed by atoms with Crippen molar-refractivity contribution in [2.24, 2.45) is 0 Å². The Morgan fingerprint density at radius 1 is 1.41 bits per heavy atom. The van der Waals surface area contributed by atoms with Crippen molar-refractivity contribution in [3.8, 4) is 11.3 Å². The molecule has 1 N–H and O–H groups in total. The highest BCUT2D eigenvalue weighted by molar-refractivity contribution is 8.26. The van der Waals surface area contributed by atoms with E-state index in [-0.39, 0.29) is 16.5 Å². The van der Waals surface area contributed by atoms with Gasteiger partial charge >= 0.3 is 5.97 Å². The number of hydrogen-bond acceptors (Lipinski definition) is 6. The van der Waals surface area contributed by atoms with Gasteiger partial charge in [-0.25, -0.2) is 4.79 Å². The Morgan fingerprint density at radius 2 is 2.19 bits per heavy atom. The molecule has 1 amide bonds. The van der Waals surface area contributed by atoms with E-state index in [4.69, 9.17) is 33.0 Å². The van der Waals surface area contributed by atoms with Crippen LogP contribution in [0.15, 0.2) is 39.7 Å². The van der Waals surface area contributed by atoms with Gasteiger partial charge in [0.25, 0.3) is 5.91 Å². The average Bonchev–Trinajstić information content (AvgIpc) is 3.19. The van der Waals surface area contributed by atoms with Gasteiger partial charge < -0.3 is 14.3 Å². The van der Waals surface area contributed by atoms with Gasteiger partial charge in [0.05, 0.1) is 28.6 Å². The van der Waals surface area contributed by atoms with E-state index in [1.165, 1.54) is 28.8 Å². The molecule has 0 bridgehead atoms. The summed E-state index contributed by atoms with van der Waals surface area (Å²) in [7, 11) is 1.56. The number of thiocarbonyl (C=S) groups is 1. The molecule has 0 atom stereocenters. The number of methoxy groups -OCH3 is 1. The zero-order valence-corrected chi connectivity index (χ0v) is 16.5. The van der Waals surface area contributed by atoms with Crippen LogP contribution in [0.3, 0.4) is 0 Å². The summed E-state index contributed by atoms with van der Waals surface area (Å²) in [5.74, 6) is -0.382. The third kappa shape index (κ3) is 4.24. The predicted octanol–water partition coefficient (Wildman–Crippen LogP) is 4.15. The topological polar surface area (TPSA) is 80.0 Å². The Kier molecular flexibility index (Phi) is 6.01. The van der Waals surface area contributed by atoms with Crippen molar-refractivity contribution in [3.63, 3.8) is 0 Å². The summed E-state index contributed by atoms with van der Waals surface area (Å²) in [6.07, 6.45) is 1.61. The molecule has 1 aliphatic heterocycles. The zero-order valence-electron chi connectivity index (χ0n) is 14.1. The van der Waals surface area contributed by atoms with E-state index in [0.29, 0.717) is 39.5 Å². The highest BCUT2D eigenvalue weighted by Gasteiger charge is 2.31. The summed E-state index contributed by atoms with van der Waals surface area (Å²) in [5, 5.41) is 9.33. The second kappa shape index (κ2) is 8.26. The van der Waals surface area contributed by atoms with Crippen LogP contribution in [-0.4, -0.2) is 46.5 Å². The molecule has 0 saturated carbocycles. The first kappa shape index (κ1) is 19.6. The van der Waals surface area contributed by atoms with E-state index in [2.05, 4.69) is 0 Å². The molecule has 0 radical (unpaired) electrons. The molecule has 0 aliphatic carbocycles. The number of carbonyl (C=O) groups excluding carboxylic acids is 1. The van der Waals surface area contributed by atoms with Gasteiger partial charge in [-0.2, -0.15) is 0 Å². The summed E-state index contributed by atoms with van der Waals surface area (Å²) < 4.78 is 11.2. The van der Waals surface area contributed by atoms with Gasteiger partial charge in [0, 0.05) is 18.7 Å². The van der Waals surface area contributed by atoms with Crippen LogP contribution in [-0.2, 0) is 9.53 Å². The third-order valence-electron chi connectivity index (χ3n) is 3.77. The molecule has 2 heterocycles. The van der Waals surface area contributed by atoms with Crippen LogP contribution in [0.2, 0.25) is 5.02 Å². The molecule has 1 aliphatic rings. The number of carbonyl (C=O) groups is 2. The maximum Gasteiger partial charge on any atom is 0.337 e. The summed E-state index contributed by atoms with van der Waals surface area (Å²) in [5.41, 5.74) is 0.565. The molecular weight excluding hydrogens is 410 g/mol. The molecule has 27 heavy (non-hydrogen) atoms. The molecule has 1 aromatic carbocycles. The van der Waals surface area contributed by atoms with E-state index in [1.54, 1.807) is 31.4 Å². The van der Waals surface area contributed by atoms with E-state index in [9.17, 15) is 14.7 Å². The molecule has 1 saturated heterocycles. The highest BCUT2D eigenvalue weighted by Crippen LogP contribution is 2.34. The zero-order chi connectivity index (χ0) is 19.6. The predicted molar refractivity (Wildman–Crippen MR) is 108 cm³/mol. The van der Waals surface area contributed by atoms with Crippen molar-refractivity contribution in [1.29, 1.82) is 0 Å². The van der Waals surface area contributed by atoms with Crippen molar-refractivity contribution < 1.29 is 23.8 Å². The van der Waals surface area contributed by atoms with Crippen LogP contribution in [0.4, 0.5) is 0 Å². The molecular formula is C18H14ClNO5S2. The smallest absolute Gasteiger partial charge is 0.337 e. The molecule has 2 aromatic rings. The summed E-state index contributed by atoms with van der Waals surface area (Å²) in [6, 6.07) is 8.01. The lowest BCUT2D eigenvalue weighted by atomic mass is 10.1. The van der Waals surface area contributed by atoms with Crippen molar-refractivity contribution in [2.75, 3.05) is 20.3 Å². The first-order valence-electron chi connectivity index (χ1n) is 7.78. The minimum atomic E-state index is -1.12. The molecule has 0 spiro atoms. The average molecular weight is 424 g/mol. The maximum atomic E-state index is 12.4. The second-order valence-electron chi connectivity index (χ2n) is 5.53.